The third-order valence-electron chi connectivity index (χ3n) is 3.63. The molecule has 4 nitrogen and oxygen atoms in total. The van der Waals surface area contributed by atoms with Crippen molar-refractivity contribution in [3.63, 3.8) is 0 Å². The predicted octanol–water partition coefficient (Wildman–Crippen LogP) is 3.44. The van der Waals surface area contributed by atoms with Crippen LogP contribution in [0.1, 0.15) is 50.0 Å². The van der Waals surface area contributed by atoms with Crippen LogP contribution in [0, 0.1) is 5.92 Å². The van der Waals surface area contributed by atoms with E-state index in [4.69, 9.17) is 4.74 Å². The standard InChI is InChI=1S/C17H25NO3/c1-4-7-8-14(6-3)12-18-10-9-16(20)17(15(18)13-19)21-11-5-2/h5,9-10,13-14H,2,4,6-8,11-12H2,1,3H3. The van der Waals surface area contributed by atoms with Crippen LogP contribution < -0.4 is 10.2 Å². The summed E-state index contributed by atoms with van der Waals surface area (Å²) in [4.78, 5) is 23.2. The molecule has 1 rings (SSSR count). The molecule has 1 unspecified atom stereocenters. The normalized spacial score (nSPS) is 11.9. The van der Waals surface area contributed by atoms with Crippen LogP contribution in [0.2, 0.25) is 0 Å². The summed E-state index contributed by atoms with van der Waals surface area (Å²) in [7, 11) is 0. The van der Waals surface area contributed by atoms with E-state index in [0.29, 0.717) is 17.9 Å². The number of hydrogen-bond acceptors (Lipinski definition) is 3. The van der Waals surface area contributed by atoms with Crippen LogP contribution in [0.25, 0.3) is 0 Å². The van der Waals surface area contributed by atoms with Crippen LogP contribution in [-0.2, 0) is 6.54 Å². The van der Waals surface area contributed by atoms with Crippen molar-refractivity contribution in [1.29, 1.82) is 0 Å². The van der Waals surface area contributed by atoms with Crippen molar-refractivity contribution in [3.8, 4) is 5.75 Å². The Bertz CT molecular complexity index is 519. The van der Waals surface area contributed by atoms with E-state index in [0.717, 1.165) is 25.8 Å². The molecule has 0 spiro atoms. The minimum atomic E-state index is -0.267. The van der Waals surface area contributed by atoms with E-state index < -0.39 is 0 Å². The highest BCUT2D eigenvalue weighted by molar-refractivity contribution is 5.76. The second-order valence-corrected chi connectivity index (χ2v) is 5.18. The Labute approximate surface area is 126 Å². The first-order chi connectivity index (χ1) is 10.2. The number of carbonyl (C=O) groups excluding carboxylic acids is 1. The minimum absolute atomic E-state index is 0.123. The van der Waals surface area contributed by atoms with E-state index in [9.17, 15) is 9.59 Å². The lowest BCUT2D eigenvalue weighted by molar-refractivity contribution is 0.110. The second kappa shape index (κ2) is 9.16. The van der Waals surface area contributed by atoms with Gasteiger partial charge in [-0.25, -0.2) is 0 Å². The van der Waals surface area contributed by atoms with Gasteiger partial charge in [0, 0.05) is 18.8 Å². The molecule has 0 saturated carbocycles. The largest absolute Gasteiger partial charge is 0.483 e. The van der Waals surface area contributed by atoms with Gasteiger partial charge in [-0.15, -0.1) is 0 Å². The van der Waals surface area contributed by atoms with E-state index >= 15 is 0 Å². The van der Waals surface area contributed by atoms with Crippen LogP contribution in [0.5, 0.6) is 5.75 Å². The van der Waals surface area contributed by atoms with Gasteiger partial charge in [-0.2, -0.15) is 0 Å². The molecule has 116 valence electrons. The van der Waals surface area contributed by atoms with Crippen molar-refractivity contribution < 1.29 is 9.53 Å². The summed E-state index contributed by atoms with van der Waals surface area (Å²) in [5.41, 5.74) is 0.0519. The third kappa shape index (κ3) is 4.88. The Morgan fingerprint density at radius 1 is 1.43 bits per heavy atom. The van der Waals surface area contributed by atoms with Crippen LogP contribution in [0.15, 0.2) is 29.7 Å². The van der Waals surface area contributed by atoms with Gasteiger partial charge in [0.1, 0.15) is 12.3 Å². The summed E-state index contributed by atoms with van der Waals surface area (Å²) in [5, 5.41) is 0. The maximum absolute atomic E-state index is 11.9. The number of aromatic nitrogens is 1. The average molecular weight is 291 g/mol. The Kier molecular flexibility index (Phi) is 7.51. The lowest BCUT2D eigenvalue weighted by Crippen LogP contribution is -2.20. The number of aldehydes is 1. The number of unbranched alkanes of at least 4 members (excludes halogenated alkanes) is 1. The summed E-state index contributed by atoms with van der Waals surface area (Å²) in [6.07, 6.45) is 8.45. The Morgan fingerprint density at radius 2 is 2.19 bits per heavy atom. The molecule has 1 heterocycles. The van der Waals surface area contributed by atoms with Gasteiger partial charge in [0.2, 0.25) is 5.43 Å². The number of ether oxygens (including phenoxy) is 1. The molecule has 1 aromatic rings. The highest BCUT2D eigenvalue weighted by Gasteiger charge is 2.14. The zero-order valence-electron chi connectivity index (χ0n) is 13.0. The van der Waals surface area contributed by atoms with Gasteiger partial charge >= 0.3 is 0 Å². The fourth-order valence-corrected chi connectivity index (χ4v) is 2.33. The first kappa shape index (κ1) is 17.2. The molecule has 0 aromatic carbocycles. The van der Waals surface area contributed by atoms with Crippen molar-refractivity contribution in [3.05, 3.63) is 40.8 Å². The van der Waals surface area contributed by atoms with Crippen LogP contribution in [0.3, 0.4) is 0 Å². The fourth-order valence-electron chi connectivity index (χ4n) is 2.33. The maximum atomic E-state index is 11.9. The molecular weight excluding hydrogens is 266 g/mol. The van der Waals surface area contributed by atoms with Gasteiger partial charge in [-0.05, 0) is 12.3 Å². The van der Waals surface area contributed by atoms with Crippen molar-refractivity contribution in [2.75, 3.05) is 6.61 Å². The number of nitrogens with zero attached hydrogens (tertiary/aromatic N) is 1. The molecule has 1 atom stereocenters. The third-order valence-corrected chi connectivity index (χ3v) is 3.63. The molecular formula is C17H25NO3. The molecule has 0 saturated heterocycles. The Hall–Kier alpha value is -1.84. The molecule has 4 heteroatoms. The molecule has 21 heavy (non-hydrogen) atoms. The van der Waals surface area contributed by atoms with Crippen LogP contribution in [-0.4, -0.2) is 17.5 Å². The summed E-state index contributed by atoms with van der Waals surface area (Å²) in [6, 6.07) is 1.46. The van der Waals surface area contributed by atoms with Crippen molar-refractivity contribution in [2.45, 2.75) is 46.1 Å². The Morgan fingerprint density at radius 3 is 2.76 bits per heavy atom. The van der Waals surface area contributed by atoms with E-state index in [1.54, 1.807) is 12.3 Å². The first-order valence-electron chi connectivity index (χ1n) is 7.60. The molecule has 0 radical (unpaired) electrons. The maximum Gasteiger partial charge on any atom is 0.224 e. The minimum Gasteiger partial charge on any atom is -0.483 e. The van der Waals surface area contributed by atoms with E-state index in [-0.39, 0.29) is 17.8 Å². The van der Waals surface area contributed by atoms with Crippen molar-refractivity contribution in [1.82, 2.24) is 4.57 Å². The highest BCUT2D eigenvalue weighted by atomic mass is 16.5. The SMILES string of the molecule is C=CCOc1c(C=O)n(CC(CC)CCCC)ccc1=O. The lowest BCUT2D eigenvalue weighted by atomic mass is 9.99. The molecule has 1 aromatic heterocycles. The molecule has 0 aliphatic heterocycles. The average Bonchev–Trinajstić information content (AvgIpc) is 2.51. The van der Waals surface area contributed by atoms with Crippen molar-refractivity contribution in [2.24, 2.45) is 5.92 Å². The molecule has 0 bridgehead atoms. The zero-order valence-corrected chi connectivity index (χ0v) is 13.0. The van der Waals surface area contributed by atoms with E-state index in [1.165, 1.54) is 12.5 Å². The van der Waals surface area contributed by atoms with Gasteiger partial charge in [0.25, 0.3) is 0 Å². The van der Waals surface area contributed by atoms with Gasteiger partial charge in [0.15, 0.2) is 12.0 Å². The van der Waals surface area contributed by atoms with Gasteiger partial charge in [-0.3, -0.25) is 9.59 Å². The van der Waals surface area contributed by atoms with Gasteiger partial charge in [-0.1, -0.05) is 45.8 Å². The lowest BCUT2D eigenvalue weighted by Gasteiger charge is -2.19. The summed E-state index contributed by atoms with van der Waals surface area (Å²) < 4.78 is 7.19. The summed E-state index contributed by atoms with van der Waals surface area (Å²) >= 11 is 0. The van der Waals surface area contributed by atoms with Gasteiger partial charge in [0.05, 0.1) is 0 Å². The zero-order chi connectivity index (χ0) is 15.7. The van der Waals surface area contributed by atoms with Gasteiger partial charge < -0.3 is 9.30 Å². The molecule has 0 N–H and O–H groups in total. The first-order valence-corrected chi connectivity index (χ1v) is 7.60. The summed E-state index contributed by atoms with van der Waals surface area (Å²) in [6.45, 7) is 8.83. The summed E-state index contributed by atoms with van der Waals surface area (Å²) in [5.74, 6) is 0.621. The molecule has 0 fully saturated rings. The predicted molar refractivity (Wildman–Crippen MR) is 85.1 cm³/mol. The number of hydrogen-bond donors (Lipinski definition) is 0. The van der Waals surface area contributed by atoms with E-state index in [1.807, 2.05) is 4.57 Å². The molecule has 0 amide bonds. The quantitative estimate of drug-likeness (QED) is 0.490. The molecule has 0 aliphatic carbocycles. The van der Waals surface area contributed by atoms with Crippen LogP contribution >= 0.6 is 0 Å². The van der Waals surface area contributed by atoms with Crippen LogP contribution in [0.4, 0.5) is 0 Å². The number of carbonyl (C=O) groups is 1. The highest BCUT2D eigenvalue weighted by Crippen LogP contribution is 2.18. The second-order valence-electron chi connectivity index (χ2n) is 5.18. The smallest absolute Gasteiger partial charge is 0.224 e. The van der Waals surface area contributed by atoms with E-state index in [2.05, 4.69) is 20.4 Å². The monoisotopic (exact) mass is 291 g/mol. The number of pyridine rings is 1. The number of rotatable bonds is 10. The molecule has 0 aliphatic rings. The Balaban J connectivity index is 3.03. The topological polar surface area (TPSA) is 48.3 Å². The fraction of sp³-hybridized carbons (Fsp3) is 0.529. The van der Waals surface area contributed by atoms with Crippen molar-refractivity contribution >= 4 is 6.29 Å².